The predicted octanol–water partition coefficient (Wildman–Crippen LogP) is -11.2. The molecule has 8 nitrogen and oxygen atoms in total. The van der Waals surface area contributed by atoms with E-state index in [0.29, 0.717) is 0 Å². The van der Waals surface area contributed by atoms with Crippen LogP contribution in [-0.2, 0) is 15.1 Å². The number of rotatable bonds is 0. The molecule has 0 bridgehead atoms. The molecule has 0 aromatic rings. The van der Waals surface area contributed by atoms with Gasteiger partial charge >= 0.3 is 139 Å². The fraction of sp³-hybridized carbons (Fsp3) is 0. The van der Waals surface area contributed by atoms with Crippen molar-refractivity contribution >= 4 is 88.7 Å². The van der Waals surface area contributed by atoms with Crippen LogP contribution in [0, 0.1) is 0 Å². The maximum absolute atomic E-state index is 8.53. The van der Waals surface area contributed by atoms with Crippen LogP contribution in [0.3, 0.4) is 0 Å². The van der Waals surface area contributed by atoms with Gasteiger partial charge in [0.15, 0.2) is 0 Å². The van der Waals surface area contributed by atoms with Crippen molar-refractivity contribution in [3.63, 3.8) is 0 Å². The molecule has 0 radical (unpaired) electrons. The van der Waals surface area contributed by atoms with E-state index in [1.807, 2.05) is 0 Å². The van der Waals surface area contributed by atoms with Gasteiger partial charge in [0.25, 0.3) is 0 Å². The summed E-state index contributed by atoms with van der Waals surface area (Å²) in [6.45, 7) is 0. The molecule has 0 rings (SSSR count). The van der Waals surface area contributed by atoms with E-state index >= 15 is 0 Å². The van der Waals surface area contributed by atoms with Crippen LogP contribution in [0.1, 0.15) is 0 Å². The molecule has 0 fully saturated rings. The molecule has 0 saturated carbocycles. The summed E-state index contributed by atoms with van der Waals surface area (Å²) in [5, 5.41) is 0. The van der Waals surface area contributed by atoms with Crippen LogP contribution in [0.25, 0.3) is 0 Å². The van der Waals surface area contributed by atoms with E-state index in [4.69, 9.17) is 31.6 Å². The van der Waals surface area contributed by atoms with Crippen molar-refractivity contribution in [3.05, 3.63) is 0 Å². The van der Waals surface area contributed by atoms with Crippen LogP contribution in [0.2, 0.25) is 0 Å². The maximum atomic E-state index is 8.53. The van der Waals surface area contributed by atoms with Crippen LogP contribution >= 0.6 is 0 Å². The summed E-state index contributed by atoms with van der Waals surface area (Å²) in [5.41, 5.74) is 0. The van der Waals surface area contributed by atoms with E-state index in [2.05, 4.69) is 0 Å². The van der Waals surface area contributed by atoms with Gasteiger partial charge in [0, 0.05) is 0 Å². The van der Waals surface area contributed by atoms with Crippen molar-refractivity contribution in [2.75, 3.05) is 0 Å². The van der Waals surface area contributed by atoms with E-state index in [0.717, 1.165) is 0 Å². The molecule has 14 heteroatoms. The Hall–Kier alpha value is 2.04. The Bertz CT molecular complexity index is 75.3. The van der Waals surface area contributed by atoms with Crippen molar-refractivity contribution < 1.29 is 50.5 Å². The summed E-state index contributed by atoms with van der Waals surface area (Å²) in [5.74, 6) is 0. The monoisotopic (exact) mass is 550 g/mol. The second-order valence-corrected chi connectivity index (χ2v) is 2.00. The van der Waals surface area contributed by atoms with Crippen LogP contribution in [0.15, 0.2) is 0 Å². The average Bonchev–Trinajstić information content (AvgIpc) is 1.92. The summed E-state index contributed by atoms with van der Waals surface area (Å²) >= 11 is -8.75. The van der Waals surface area contributed by atoms with Crippen molar-refractivity contribution in [3.8, 4) is 0 Å². The van der Waals surface area contributed by atoms with Gasteiger partial charge in [0.2, 0.25) is 0 Å². The molecule has 0 saturated heterocycles. The summed E-state index contributed by atoms with van der Waals surface area (Å²) in [6.07, 6.45) is 0. The van der Waals surface area contributed by atoms with E-state index in [-0.39, 0.29) is 44.7 Å². The van der Waals surface area contributed by atoms with Crippen molar-refractivity contribution in [2.45, 2.75) is 0 Å². The molecule has 72 valence electrons. The zero-order valence-electron chi connectivity index (χ0n) is 7.15. The Morgan fingerprint density at radius 3 is 0.571 bits per heavy atom. The topological polar surface area (TPSA) is 161 Å². The van der Waals surface area contributed by atoms with Gasteiger partial charge in [0.1, 0.15) is 0 Å². The third kappa shape index (κ3) is 574. The minimum atomic E-state index is -2.19. The van der Waals surface area contributed by atoms with Crippen molar-refractivity contribution in [1.29, 1.82) is 0 Å². The molecule has 0 amide bonds. The van der Waals surface area contributed by atoms with Crippen LogP contribution in [-0.4, -0.2) is 88.7 Å². The van der Waals surface area contributed by atoms with Gasteiger partial charge in [-0.25, -0.2) is 0 Å². The molecule has 0 aliphatic rings. The molecule has 0 unspecified atom stereocenters. The molecule has 0 atom stereocenters. The predicted molar refractivity (Wildman–Crippen MR) is 37.1 cm³/mol. The summed E-state index contributed by atoms with van der Waals surface area (Å²) < 4.78 is 68.2. The summed E-state index contributed by atoms with van der Waals surface area (Å²) in [7, 11) is 0. The Morgan fingerprint density at radius 1 is 0.571 bits per heavy atom. The minimum absolute atomic E-state index is 0. The van der Waals surface area contributed by atoms with Gasteiger partial charge in [-0.1, -0.05) is 0 Å². The average molecular weight is 544 g/mol. The summed E-state index contributed by atoms with van der Waals surface area (Å²) in [6, 6.07) is 0. The van der Waals surface area contributed by atoms with Crippen molar-refractivity contribution in [2.24, 2.45) is 0 Å². The molecular weight excluding hydrogens is 540 g/mol. The van der Waals surface area contributed by atoms with Gasteiger partial charge in [-0.2, -0.15) is 0 Å². The third-order valence-electron chi connectivity index (χ3n) is 0. The van der Waals surface area contributed by atoms with Crippen LogP contribution in [0.4, 0.5) is 0 Å². The van der Waals surface area contributed by atoms with Gasteiger partial charge < -0.3 is 0 Å². The zero-order valence-corrected chi connectivity index (χ0v) is 20.1. The second kappa shape index (κ2) is 81.3. The van der Waals surface area contributed by atoms with E-state index < -0.39 is 62.8 Å². The second-order valence-electron chi connectivity index (χ2n) is 0.385. The fourth-order valence-corrected chi connectivity index (χ4v) is 0. The van der Waals surface area contributed by atoms with E-state index in [1.165, 1.54) is 0 Å². The quantitative estimate of drug-likeness (QED) is 0.272. The van der Waals surface area contributed by atoms with Crippen molar-refractivity contribution in [1.82, 2.24) is 0 Å². The Balaban J connectivity index is -0.0000000145. The molecule has 14 heavy (non-hydrogen) atoms. The first kappa shape index (κ1) is 36.0. The zero-order chi connectivity index (χ0) is 10.8. The van der Waals surface area contributed by atoms with E-state index in [1.54, 1.807) is 0 Å². The first-order valence-corrected chi connectivity index (χ1v) is 9.80. The SMILES string of the molecule is [In+3].[Li+].[O]=[GeH][O-].[O]=[GeH][O-].[O]=[GeH][O-].[O]=[GeH][O-]. The third-order valence-corrected chi connectivity index (χ3v) is 0. The first-order valence-electron chi connectivity index (χ1n) is 1.89. The van der Waals surface area contributed by atoms with Crippen LogP contribution in [0.5, 0.6) is 0 Å². The molecule has 0 aromatic carbocycles. The molecule has 0 heterocycles. The molecule has 0 N–H and O–H groups in total. The molecule has 0 aromatic heterocycles. The first-order chi connectivity index (χ1) is 5.66. The molecule has 0 aliphatic heterocycles. The van der Waals surface area contributed by atoms with Crippen LogP contribution < -0.4 is 35.4 Å². The van der Waals surface area contributed by atoms with Gasteiger partial charge in [-0.05, 0) is 0 Å². The molecule has 0 spiro atoms. The van der Waals surface area contributed by atoms with Gasteiger partial charge in [-0.3, -0.25) is 0 Å². The Kier molecular flexibility index (Phi) is 209. The standard InChI is InChI=1S/4GeHO2.In.Li/c4*2-1-3;;/h4*1H;;/q4*-1;+3;+1. The Labute approximate surface area is 137 Å². The normalized spacial score (nSPS) is 3.43. The van der Waals surface area contributed by atoms with Gasteiger partial charge in [0.05, 0.1) is 0 Å². The fourth-order valence-electron chi connectivity index (χ4n) is 0. The molecular formula is H4Ge4InLiO8. The summed E-state index contributed by atoms with van der Waals surface area (Å²) in [4.78, 5) is 0. The van der Waals surface area contributed by atoms with Gasteiger partial charge in [-0.15, -0.1) is 0 Å². The van der Waals surface area contributed by atoms with E-state index in [9.17, 15) is 0 Å². The Morgan fingerprint density at radius 2 is 0.571 bits per heavy atom. The molecule has 0 aliphatic carbocycles. The number of hydrogen-bond donors (Lipinski definition) is 0. The number of hydrogen-bond acceptors (Lipinski definition) is 8.